The van der Waals surface area contributed by atoms with Crippen molar-refractivity contribution >= 4 is 44.7 Å². The summed E-state index contributed by atoms with van der Waals surface area (Å²) in [4.78, 5) is 48.9. The number of benzene rings is 4. The molecular weight excluding hydrogens is 864 g/mol. The monoisotopic (exact) mass is 904 g/mol. The lowest BCUT2D eigenvalue weighted by molar-refractivity contribution is -0.255. The van der Waals surface area contributed by atoms with Crippen molar-refractivity contribution < 1.29 is 64.0 Å². The number of aromatic nitrogens is 2. The number of aliphatic hydroxyl groups is 2. The summed E-state index contributed by atoms with van der Waals surface area (Å²) in [7, 11) is 0. The third-order valence-corrected chi connectivity index (χ3v) is 10.6. The standard InChI is InChI=1S/2C22H20F4N2O4/c2*1-12-15-10-13(8-9-14(15)18(29)32-28-12)27-19(30)21(31,22(24,25)26)11-20(2,3)16-6-4-5-7-17(16)23/h2*4-10,31H,11H2,1-3H3,(H,27,30). The maximum Gasteiger partial charge on any atom is 0.426 e. The SMILES string of the molecule is Cc1noc(=O)c2ccc(NC(=O)C(O)(CC(C)(C)c3ccccc3F)C(F)(F)F)cc12.Cc1noc(=O)c2ccc(NC(=O)C(O)(CC(C)(C)c3ccccc3F)C(F)(F)F)cc12. The van der Waals surface area contributed by atoms with Gasteiger partial charge >= 0.3 is 23.6 Å². The van der Waals surface area contributed by atoms with Crippen molar-refractivity contribution in [2.24, 2.45) is 0 Å². The number of nitrogens with zero attached hydrogens (tertiary/aromatic N) is 2. The number of hydrogen-bond acceptors (Lipinski definition) is 10. The van der Waals surface area contributed by atoms with Crippen LogP contribution in [0.2, 0.25) is 0 Å². The lowest BCUT2D eigenvalue weighted by Crippen LogP contribution is -2.57. The second-order valence-electron chi connectivity index (χ2n) is 16.3. The highest BCUT2D eigenvalue weighted by Gasteiger charge is 2.62. The normalized spacial score (nSPS) is 14.2. The summed E-state index contributed by atoms with van der Waals surface area (Å²) in [5, 5.41) is 33.1. The van der Waals surface area contributed by atoms with Crippen molar-refractivity contribution in [2.45, 2.75) is 88.8 Å². The molecule has 0 aliphatic carbocycles. The molecule has 0 aliphatic rings. The second-order valence-corrected chi connectivity index (χ2v) is 16.3. The molecular formula is C44H40F8N4O8. The number of alkyl halides is 6. The number of hydrogen-bond donors (Lipinski definition) is 4. The molecule has 2 aromatic heterocycles. The average Bonchev–Trinajstić information content (AvgIpc) is 3.20. The zero-order valence-electron chi connectivity index (χ0n) is 34.8. The lowest BCUT2D eigenvalue weighted by Gasteiger charge is -2.36. The summed E-state index contributed by atoms with van der Waals surface area (Å²) in [6, 6.07) is 17.9. The molecule has 2 unspecified atom stereocenters. The van der Waals surface area contributed by atoms with E-state index in [9.17, 15) is 64.5 Å². The zero-order valence-corrected chi connectivity index (χ0v) is 34.8. The number of halogens is 8. The number of carbonyl (C=O) groups is 2. The van der Waals surface area contributed by atoms with E-state index in [1.165, 1.54) is 114 Å². The largest absolute Gasteiger partial charge is 0.426 e. The number of rotatable bonds is 10. The van der Waals surface area contributed by atoms with Gasteiger partial charge in [-0.05, 0) is 84.3 Å². The first-order valence-corrected chi connectivity index (χ1v) is 19.0. The Kier molecular flexibility index (Phi) is 13.3. The molecule has 64 heavy (non-hydrogen) atoms. The van der Waals surface area contributed by atoms with E-state index in [-0.39, 0.29) is 55.4 Å². The van der Waals surface area contributed by atoms with Gasteiger partial charge in [-0.3, -0.25) is 9.59 Å². The molecule has 0 spiro atoms. The second kappa shape index (κ2) is 17.6. The smallest absolute Gasteiger partial charge is 0.373 e. The van der Waals surface area contributed by atoms with Crippen molar-refractivity contribution in [3.05, 3.63) is 140 Å². The Labute approximate surface area is 357 Å². The fraction of sp³-hybridized carbons (Fsp3) is 0.318. The maximum atomic E-state index is 14.2. The molecule has 0 aliphatic heterocycles. The van der Waals surface area contributed by atoms with Crippen LogP contribution in [0.3, 0.4) is 0 Å². The number of amides is 2. The molecule has 6 rings (SSSR count). The van der Waals surface area contributed by atoms with Crippen LogP contribution in [0.1, 0.15) is 63.1 Å². The van der Waals surface area contributed by atoms with E-state index >= 15 is 0 Å². The Morgan fingerprint density at radius 3 is 1.20 bits per heavy atom. The summed E-state index contributed by atoms with van der Waals surface area (Å²) < 4.78 is 121. The van der Waals surface area contributed by atoms with E-state index in [1.54, 1.807) is 0 Å². The number of anilines is 2. The summed E-state index contributed by atoms with van der Waals surface area (Å²) in [6.07, 6.45) is -13.0. The molecule has 4 N–H and O–H groups in total. The Morgan fingerprint density at radius 1 is 0.562 bits per heavy atom. The van der Waals surface area contributed by atoms with Crippen molar-refractivity contribution in [1.29, 1.82) is 0 Å². The van der Waals surface area contributed by atoms with Crippen LogP contribution >= 0.6 is 0 Å². The number of aryl methyl sites for hydroxylation is 2. The minimum atomic E-state index is -5.35. The minimum Gasteiger partial charge on any atom is -0.373 e. The number of nitrogens with one attached hydrogen (secondary N) is 2. The summed E-state index contributed by atoms with van der Waals surface area (Å²) >= 11 is 0. The third kappa shape index (κ3) is 9.81. The fourth-order valence-corrected chi connectivity index (χ4v) is 7.19. The number of carbonyl (C=O) groups excluding carboxylic acids is 2. The summed E-state index contributed by atoms with van der Waals surface area (Å²) in [5.41, 5.74) is -12.0. The van der Waals surface area contributed by atoms with Crippen molar-refractivity contribution in [1.82, 2.24) is 10.3 Å². The molecule has 4 aromatic carbocycles. The van der Waals surface area contributed by atoms with E-state index in [0.29, 0.717) is 0 Å². The topological polar surface area (TPSA) is 185 Å². The van der Waals surface area contributed by atoms with E-state index < -0.39 is 81.9 Å². The van der Waals surface area contributed by atoms with Crippen molar-refractivity contribution in [2.75, 3.05) is 10.6 Å². The molecule has 2 heterocycles. The van der Waals surface area contributed by atoms with Gasteiger partial charge in [0.05, 0.1) is 22.2 Å². The lowest BCUT2D eigenvalue weighted by atomic mass is 9.74. The maximum absolute atomic E-state index is 14.2. The first-order chi connectivity index (χ1) is 29.5. The van der Waals surface area contributed by atoms with E-state index in [1.807, 2.05) is 0 Å². The Hall–Kier alpha value is -6.54. The Balaban J connectivity index is 0.000000241. The van der Waals surface area contributed by atoms with Crippen LogP contribution in [0.25, 0.3) is 21.5 Å². The van der Waals surface area contributed by atoms with E-state index in [2.05, 4.69) is 30.0 Å². The molecule has 0 saturated carbocycles. The average molecular weight is 905 g/mol. The predicted molar refractivity (Wildman–Crippen MR) is 217 cm³/mol. The van der Waals surface area contributed by atoms with E-state index in [0.717, 1.165) is 12.1 Å². The van der Waals surface area contributed by atoms with Crippen LogP contribution in [-0.2, 0) is 20.4 Å². The highest BCUT2D eigenvalue weighted by Crippen LogP contribution is 2.44. The van der Waals surface area contributed by atoms with Gasteiger partial charge in [0.1, 0.15) is 11.6 Å². The van der Waals surface area contributed by atoms with Crippen LogP contribution in [-0.4, -0.2) is 55.9 Å². The molecule has 2 amide bonds. The van der Waals surface area contributed by atoms with Gasteiger partial charge in [0.25, 0.3) is 11.8 Å². The van der Waals surface area contributed by atoms with E-state index in [4.69, 9.17) is 0 Å². The summed E-state index contributed by atoms with van der Waals surface area (Å²) in [6.45, 7) is 8.25. The fourth-order valence-electron chi connectivity index (χ4n) is 7.19. The molecule has 12 nitrogen and oxygen atoms in total. The van der Waals surface area contributed by atoms with Gasteiger partial charge in [0, 0.05) is 35.0 Å². The molecule has 0 bridgehead atoms. The third-order valence-electron chi connectivity index (χ3n) is 10.6. The first kappa shape index (κ1) is 48.5. The van der Waals surface area contributed by atoms with Gasteiger partial charge in [0.2, 0.25) is 11.2 Å². The molecule has 340 valence electrons. The van der Waals surface area contributed by atoms with Gasteiger partial charge in [-0.15, -0.1) is 0 Å². The van der Waals surface area contributed by atoms with Crippen LogP contribution in [0.4, 0.5) is 46.5 Å². The molecule has 0 radical (unpaired) electrons. The Morgan fingerprint density at radius 2 is 0.891 bits per heavy atom. The molecule has 20 heteroatoms. The molecule has 2 atom stereocenters. The van der Waals surface area contributed by atoms with Crippen molar-refractivity contribution in [3.63, 3.8) is 0 Å². The van der Waals surface area contributed by atoms with Gasteiger partial charge in [-0.2, -0.15) is 26.3 Å². The van der Waals surface area contributed by atoms with Crippen LogP contribution in [0, 0.1) is 25.5 Å². The van der Waals surface area contributed by atoms with Gasteiger partial charge in [-0.1, -0.05) is 74.4 Å². The van der Waals surface area contributed by atoms with Crippen LogP contribution < -0.4 is 21.9 Å². The van der Waals surface area contributed by atoms with Gasteiger partial charge in [0.15, 0.2) is 0 Å². The minimum absolute atomic E-state index is 0.0744. The quantitative estimate of drug-likeness (QED) is 0.0973. The van der Waals surface area contributed by atoms with Crippen molar-refractivity contribution in [3.8, 4) is 0 Å². The van der Waals surface area contributed by atoms with Crippen LogP contribution in [0.15, 0.2) is 104 Å². The zero-order chi connectivity index (χ0) is 47.8. The highest BCUT2D eigenvalue weighted by molar-refractivity contribution is 6.01. The summed E-state index contributed by atoms with van der Waals surface area (Å²) in [5.74, 6) is -4.97. The first-order valence-electron chi connectivity index (χ1n) is 19.0. The Bertz CT molecular complexity index is 2670. The molecule has 0 fully saturated rings. The van der Waals surface area contributed by atoms with Gasteiger partial charge in [-0.25, -0.2) is 18.4 Å². The van der Waals surface area contributed by atoms with Crippen LogP contribution in [0.5, 0.6) is 0 Å². The highest BCUT2D eigenvalue weighted by atomic mass is 19.4. The number of fused-ring (bicyclic) bond motifs is 2. The van der Waals surface area contributed by atoms with Gasteiger partial charge < -0.3 is 29.9 Å². The molecule has 6 aromatic rings. The molecule has 0 saturated heterocycles. The predicted octanol–water partition coefficient (Wildman–Crippen LogP) is 8.47.